The minimum absolute atomic E-state index is 0.0989. The second kappa shape index (κ2) is 5.98. The Morgan fingerprint density at radius 3 is 2.50 bits per heavy atom. The summed E-state index contributed by atoms with van der Waals surface area (Å²) in [4.78, 5) is 0. The minimum atomic E-state index is 0.0989. The molecule has 0 bridgehead atoms. The Balaban J connectivity index is 1.81. The number of nitrogens with zero attached hydrogens (tertiary/aromatic N) is 2. The Bertz CT molecular complexity index is 427. The lowest BCUT2D eigenvalue weighted by atomic mass is 9.76. The van der Waals surface area contributed by atoms with Crippen LogP contribution in [0.2, 0.25) is 0 Å². The summed E-state index contributed by atoms with van der Waals surface area (Å²) in [6, 6.07) is 0. The van der Waals surface area contributed by atoms with Crippen LogP contribution in [0.3, 0.4) is 0 Å². The van der Waals surface area contributed by atoms with Crippen molar-refractivity contribution in [1.29, 1.82) is 0 Å². The van der Waals surface area contributed by atoms with Crippen molar-refractivity contribution in [2.24, 2.45) is 5.41 Å². The van der Waals surface area contributed by atoms with E-state index in [-0.39, 0.29) is 5.54 Å². The van der Waals surface area contributed by atoms with Crippen LogP contribution < -0.4 is 10.1 Å². The molecule has 0 amide bonds. The Labute approximate surface area is 126 Å². The number of hydrogen-bond acceptors (Lipinski definition) is 5. The van der Waals surface area contributed by atoms with E-state index in [1.165, 1.54) is 12.8 Å². The van der Waals surface area contributed by atoms with Crippen LogP contribution in [0.5, 0.6) is 5.19 Å². The topological polar surface area (TPSA) is 47.0 Å². The zero-order valence-electron chi connectivity index (χ0n) is 13.3. The summed E-state index contributed by atoms with van der Waals surface area (Å²) < 4.78 is 5.98. The molecule has 114 valence electrons. The lowest BCUT2D eigenvalue weighted by molar-refractivity contribution is 0.0978. The van der Waals surface area contributed by atoms with E-state index < -0.39 is 0 Å². The van der Waals surface area contributed by atoms with Gasteiger partial charge in [0.05, 0.1) is 6.54 Å². The van der Waals surface area contributed by atoms with Gasteiger partial charge in [-0.25, -0.2) is 0 Å². The molecule has 1 aliphatic rings. The first-order chi connectivity index (χ1) is 9.23. The van der Waals surface area contributed by atoms with Gasteiger partial charge in [-0.15, -0.1) is 5.10 Å². The summed E-state index contributed by atoms with van der Waals surface area (Å²) in [5.41, 5.74) is 0.574. The van der Waals surface area contributed by atoms with Gasteiger partial charge in [-0.05, 0) is 51.9 Å². The standard InChI is InChI=1S/C15H27N3OS/c1-14(2,3)16-10-12-17-18-13(20-12)19-11-6-8-15(4,5)9-7-11/h11,16H,6-10H2,1-5H3. The van der Waals surface area contributed by atoms with Crippen molar-refractivity contribution in [3.05, 3.63) is 5.01 Å². The van der Waals surface area contributed by atoms with Crippen molar-refractivity contribution in [2.45, 2.75) is 78.5 Å². The van der Waals surface area contributed by atoms with Gasteiger partial charge >= 0.3 is 0 Å². The van der Waals surface area contributed by atoms with Gasteiger partial charge in [0, 0.05) is 5.54 Å². The van der Waals surface area contributed by atoms with Gasteiger partial charge in [-0.1, -0.05) is 30.3 Å². The van der Waals surface area contributed by atoms with E-state index in [0.29, 0.717) is 11.5 Å². The van der Waals surface area contributed by atoms with Crippen LogP contribution >= 0.6 is 11.3 Å². The molecular weight excluding hydrogens is 270 g/mol. The average Bonchev–Trinajstić information content (AvgIpc) is 2.76. The molecule has 4 nitrogen and oxygen atoms in total. The molecule has 0 radical (unpaired) electrons. The second-order valence-electron chi connectivity index (χ2n) is 7.55. The molecule has 0 aliphatic heterocycles. The average molecular weight is 297 g/mol. The van der Waals surface area contributed by atoms with Gasteiger partial charge in [-0.2, -0.15) is 0 Å². The van der Waals surface area contributed by atoms with Gasteiger partial charge in [-0.3, -0.25) is 0 Å². The van der Waals surface area contributed by atoms with E-state index >= 15 is 0 Å². The summed E-state index contributed by atoms with van der Waals surface area (Å²) in [7, 11) is 0. The Kier molecular flexibility index (Phi) is 4.69. The number of rotatable bonds is 4. The molecular formula is C15H27N3OS. The molecule has 1 fully saturated rings. The first-order valence-electron chi connectivity index (χ1n) is 7.48. The van der Waals surface area contributed by atoms with Crippen LogP contribution in [0.1, 0.15) is 65.3 Å². The highest BCUT2D eigenvalue weighted by atomic mass is 32.1. The molecule has 2 rings (SSSR count). The Hall–Kier alpha value is -0.680. The Morgan fingerprint density at radius 1 is 1.25 bits per heavy atom. The molecule has 0 aromatic carbocycles. The molecule has 1 aromatic rings. The van der Waals surface area contributed by atoms with Crippen LogP contribution in [0.15, 0.2) is 0 Å². The molecule has 20 heavy (non-hydrogen) atoms. The highest BCUT2D eigenvalue weighted by Gasteiger charge is 2.28. The predicted molar refractivity (Wildman–Crippen MR) is 83.2 cm³/mol. The Morgan fingerprint density at radius 2 is 1.90 bits per heavy atom. The van der Waals surface area contributed by atoms with Crippen molar-refractivity contribution in [1.82, 2.24) is 15.5 Å². The largest absolute Gasteiger partial charge is 0.466 e. The minimum Gasteiger partial charge on any atom is -0.466 e. The van der Waals surface area contributed by atoms with Crippen molar-refractivity contribution in [2.75, 3.05) is 0 Å². The lowest BCUT2D eigenvalue weighted by Crippen LogP contribution is -2.35. The fraction of sp³-hybridized carbons (Fsp3) is 0.867. The van der Waals surface area contributed by atoms with Gasteiger partial charge in [0.1, 0.15) is 11.1 Å². The van der Waals surface area contributed by atoms with Gasteiger partial charge in [0.15, 0.2) is 0 Å². The quantitative estimate of drug-likeness (QED) is 0.919. The van der Waals surface area contributed by atoms with Crippen molar-refractivity contribution in [3.8, 4) is 5.19 Å². The molecule has 1 saturated carbocycles. The summed E-state index contributed by atoms with van der Waals surface area (Å²) in [5.74, 6) is 0. The van der Waals surface area contributed by atoms with Crippen molar-refractivity contribution in [3.63, 3.8) is 0 Å². The number of nitrogens with one attached hydrogen (secondary N) is 1. The number of aromatic nitrogens is 2. The zero-order chi connectivity index (χ0) is 14.8. The smallest absolute Gasteiger partial charge is 0.294 e. The lowest BCUT2D eigenvalue weighted by Gasteiger charge is -2.33. The van der Waals surface area contributed by atoms with E-state index in [1.807, 2.05) is 0 Å². The highest BCUT2D eigenvalue weighted by molar-refractivity contribution is 7.13. The summed E-state index contributed by atoms with van der Waals surface area (Å²) in [5, 5.41) is 13.5. The fourth-order valence-electron chi connectivity index (χ4n) is 2.33. The van der Waals surface area contributed by atoms with Crippen molar-refractivity contribution >= 4 is 11.3 Å². The third-order valence-corrected chi connectivity index (χ3v) is 4.59. The van der Waals surface area contributed by atoms with E-state index in [0.717, 1.165) is 29.6 Å². The molecule has 5 heteroatoms. The molecule has 0 spiro atoms. The zero-order valence-corrected chi connectivity index (χ0v) is 14.1. The number of hydrogen-bond donors (Lipinski definition) is 1. The van der Waals surface area contributed by atoms with E-state index in [9.17, 15) is 0 Å². The third-order valence-electron chi connectivity index (χ3n) is 3.77. The molecule has 1 aliphatic carbocycles. The molecule has 0 saturated heterocycles. The molecule has 0 unspecified atom stereocenters. The van der Waals surface area contributed by atoms with Gasteiger partial charge in [0.2, 0.25) is 0 Å². The van der Waals surface area contributed by atoms with E-state index in [1.54, 1.807) is 11.3 Å². The SMILES string of the molecule is CC1(C)CCC(Oc2nnc(CNC(C)(C)C)s2)CC1. The third kappa shape index (κ3) is 5.02. The van der Waals surface area contributed by atoms with E-state index in [4.69, 9.17) is 4.74 Å². The normalized spacial score (nSPS) is 20.1. The van der Waals surface area contributed by atoms with E-state index in [2.05, 4.69) is 50.1 Å². The maximum Gasteiger partial charge on any atom is 0.294 e. The van der Waals surface area contributed by atoms with Crippen LogP contribution in [0.25, 0.3) is 0 Å². The second-order valence-corrected chi connectivity index (χ2v) is 8.57. The first kappa shape index (κ1) is 15.7. The predicted octanol–water partition coefficient (Wildman–Crippen LogP) is 3.77. The van der Waals surface area contributed by atoms with Crippen LogP contribution in [0.4, 0.5) is 0 Å². The molecule has 1 N–H and O–H groups in total. The monoisotopic (exact) mass is 297 g/mol. The first-order valence-corrected chi connectivity index (χ1v) is 8.29. The highest BCUT2D eigenvalue weighted by Crippen LogP contribution is 2.36. The molecule has 1 heterocycles. The summed E-state index contributed by atoms with van der Waals surface area (Å²) in [6.45, 7) is 11.9. The maximum absolute atomic E-state index is 5.98. The fourth-order valence-corrected chi connectivity index (χ4v) is 3.02. The van der Waals surface area contributed by atoms with Gasteiger partial charge < -0.3 is 10.1 Å². The summed E-state index contributed by atoms with van der Waals surface area (Å²) in [6.07, 6.45) is 5.04. The maximum atomic E-state index is 5.98. The van der Waals surface area contributed by atoms with Crippen LogP contribution in [-0.2, 0) is 6.54 Å². The van der Waals surface area contributed by atoms with Crippen molar-refractivity contribution < 1.29 is 4.74 Å². The summed E-state index contributed by atoms with van der Waals surface area (Å²) >= 11 is 1.56. The van der Waals surface area contributed by atoms with Crippen LogP contribution in [0, 0.1) is 5.41 Å². The van der Waals surface area contributed by atoms with Crippen LogP contribution in [-0.4, -0.2) is 21.8 Å². The van der Waals surface area contributed by atoms with Gasteiger partial charge in [0.25, 0.3) is 5.19 Å². The number of ether oxygens (including phenoxy) is 1. The molecule has 0 atom stereocenters. The molecule has 1 aromatic heterocycles.